The Bertz CT molecular complexity index is 696. The summed E-state index contributed by atoms with van der Waals surface area (Å²) >= 11 is 0. The molecule has 8 heteroatoms. The minimum Gasteiger partial charge on any atom is -0.497 e. The molecule has 1 saturated carbocycles. The quantitative estimate of drug-likeness (QED) is 0.664. The summed E-state index contributed by atoms with van der Waals surface area (Å²) in [6.45, 7) is 0.525. The van der Waals surface area contributed by atoms with Gasteiger partial charge in [0.05, 0.1) is 26.4 Å². The predicted molar refractivity (Wildman–Crippen MR) is 90.4 cm³/mol. The standard InChI is InChI=1S/C17H24N4O4/c1-24-12-3-2-4-13(9-12)25-10-16-19-17(21(20-16)5-6-22)11-7-14(18)15(23)8-11/h2-4,9,11,14-15,22-23H,5-8,10,18H2,1H3/t11-,14-,15-/m0/s1. The van der Waals surface area contributed by atoms with E-state index in [2.05, 4.69) is 10.1 Å². The highest BCUT2D eigenvalue weighted by Gasteiger charge is 2.34. The van der Waals surface area contributed by atoms with Crippen LogP contribution in [0.4, 0.5) is 0 Å². The van der Waals surface area contributed by atoms with Crippen LogP contribution in [0, 0.1) is 0 Å². The Kier molecular flexibility index (Phi) is 5.52. The van der Waals surface area contributed by atoms with Crippen molar-refractivity contribution in [3.8, 4) is 11.5 Å². The van der Waals surface area contributed by atoms with Gasteiger partial charge in [-0.25, -0.2) is 9.67 Å². The van der Waals surface area contributed by atoms with Crippen molar-refractivity contribution in [2.75, 3.05) is 13.7 Å². The molecule has 0 amide bonds. The molecule has 1 heterocycles. The van der Waals surface area contributed by atoms with Crippen LogP contribution in [0.5, 0.6) is 11.5 Å². The van der Waals surface area contributed by atoms with Crippen molar-refractivity contribution in [3.63, 3.8) is 0 Å². The summed E-state index contributed by atoms with van der Waals surface area (Å²) in [5.74, 6) is 2.68. The van der Waals surface area contributed by atoms with Gasteiger partial charge >= 0.3 is 0 Å². The number of methoxy groups -OCH3 is 1. The Morgan fingerprint density at radius 2 is 2.12 bits per heavy atom. The van der Waals surface area contributed by atoms with Gasteiger partial charge in [0.25, 0.3) is 0 Å². The van der Waals surface area contributed by atoms with E-state index in [4.69, 9.17) is 15.2 Å². The van der Waals surface area contributed by atoms with Crippen molar-refractivity contribution < 1.29 is 19.7 Å². The van der Waals surface area contributed by atoms with Gasteiger partial charge in [-0.3, -0.25) is 0 Å². The zero-order valence-corrected chi connectivity index (χ0v) is 14.2. The molecule has 4 N–H and O–H groups in total. The highest BCUT2D eigenvalue weighted by atomic mass is 16.5. The molecule has 2 aromatic rings. The number of aliphatic hydroxyl groups excluding tert-OH is 2. The van der Waals surface area contributed by atoms with Crippen molar-refractivity contribution in [1.82, 2.24) is 14.8 Å². The maximum Gasteiger partial charge on any atom is 0.188 e. The molecule has 3 rings (SSSR count). The molecule has 8 nitrogen and oxygen atoms in total. The van der Waals surface area contributed by atoms with Crippen molar-refractivity contribution in [1.29, 1.82) is 0 Å². The first kappa shape index (κ1) is 17.7. The van der Waals surface area contributed by atoms with E-state index in [1.165, 1.54) is 0 Å². The fraction of sp³-hybridized carbons (Fsp3) is 0.529. The maximum atomic E-state index is 9.89. The van der Waals surface area contributed by atoms with E-state index in [0.29, 0.717) is 36.7 Å². The molecule has 0 aliphatic heterocycles. The van der Waals surface area contributed by atoms with Crippen LogP contribution in [-0.2, 0) is 13.2 Å². The lowest BCUT2D eigenvalue weighted by atomic mass is 10.1. The molecule has 0 radical (unpaired) electrons. The smallest absolute Gasteiger partial charge is 0.188 e. The first-order chi connectivity index (χ1) is 12.1. The van der Waals surface area contributed by atoms with E-state index in [1.807, 2.05) is 18.2 Å². The molecule has 0 bridgehead atoms. The molecular formula is C17H24N4O4. The van der Waals surface area contributed by atoms with Crippen LogP contribution < -0.4 is 15.2 Å². The van der Waals surface area contributed by atoms with Gasteiger partial charge in [0.15, 0.2) is 5.82 Å². The fourth-order valence-electron chi connectivity index (χ4n) is 3.12. The van der Waals surface area contributed by atoms with Crippen molar-refractivity contribution in [3.05, 3.63) is 35.9 Å². The first-order valence-electron chi connectivity index (χ1n) is 8.35. The minimum absolute atomic E-state index is 0.0339. The number of nitrogens with two attached hydrogens (primary N) is 1. The molecular weight excluding hydrogens is 324 g/mol. The average Bonchev–Trinajstić information content (AvgIpc) is 3.17. The van der Waals surface area contributed by atoms with Gasteiger partial charge in [-0.1, -0.05) is 6.07 Å². The number of benzene rings is 1. The van der Waals surface area contributed by atoms with Crippen LogP contribution in [0.2, 0.25) is 0 Å². The van der Waals surface area contributed by atoms with Crippen LogP contribution in [0.15, 0.2) is 24.3 Å². The molecule has 1 aromatic carbocycles. The van der Waals surface area contributed by atoms with Crippen molar-refractivity contribution >= 4 is 0 Å². The molecule has 1 aliphatic rings. The van der Waals surface area contributed by atoms with Gasteiger partial charge in [-0.2, -0.15) is 5.10 Å². The van der Waals surface area contributed by atoms with Crippen LogP contribution in [0.25, 0.3) is 0 Å². The molecule has 1 fully saturated rings. The van der Waals surface area contributed by atoms with Crippen molar-refractivity contribution in [2.45, 2.75) is 44.1 Å². The van der Waals surface area contributed by atoms with Crippen molar-refractivity contribution in [2.24, 2.45) is 5.73 Å². The minimum atomic E-state index is -0.527. The van der Waals surface area contributed by atoms with E-state index in [0.717, 1.165) is 5.82 Å². The van der Waals surface area contributed by atoms with Gasteiger partial charge in [-0.15, -0.1) is 0 Å². The maximum absolute atomic E-state index is 9.89. The lowest BCUT2D eigenvalue weighted by Crippen LogP contribution is -2.28. The second kappa shape index (κ2) is 7.81. The molecule has 0 unspecified atom stereocenters. The summed E-state index contributed by atoms with van der Waals surface area (Å²) in [6, 6.07) is 7.06. The second-order valence-corrected chi connectivity index (χ2v) is 6.20. The summed E-state index contributed by atoms with van der Waals surface area (Å²) < 4.78 is 12.6. The molecule has 136 valence electrons. The van der Waals surface area contributed by atoms with Gasteiger partial charge in [0.2, 0.25) is 0 Å². The highest BCUT2D eigenvalue weighted by molar-refractivity contribution is 5.32. The average molecular weight is 348 g/mol. The van der Waals surface area contributed by atoms with Gasteiger partial charge in [0, 0.05) is 18.0 Å². The highest BCUT2D eigenvalue weighted by Crippen LogP contribution is 2.33. The molecule has 1 aromatic heterocycles. The molecule has 1 aliphatic carbocycles. The van der Waals surface area contributed by atoms with E-state index in [-0.39, 0.29) is 25.2 Å². The fourth-order valence-corrected chi connectivity index (χ4v) is 3.12. The number of rotatable bonds is 7. The second-order valence-electron chi connectivity index (χ2n) is 6.20. The van der Waals surface area contributed by atoms with E-state index < -0.39 is 6.10 Å². The summed E-state index contributed by atoms with van der Waals surface area (Å²) in [5, 5.41) is 23.6. The lowest BCUT2D eigenvalue weighted by molar-refractivity contribution is 0.163. The van der Waals surface area contributed by atoms with E-state index in [9.17, 15) is 10.2 Å². The van der Waals surface area contributed by atoms with Crippen LogP contribution in [0.1, 0.15) is 30.4 Å². The number of ether oxygens (including phenoxy) is 2. The summed E-state index contributed by atoms with van der Waals surface area (Å²) in [4.78, 5) is 4.56. The number of aromatic nitrogens is 3. The lowest BCUT2D eigenvalue weighted by Gasteiger charge is -2.09. The Balaban J connectivity index is 1.72. The topological polar surface area (TPSA) is 116 Å². The molecule has 0 saturated heterocycles. The zero-order chi connectivity index (χ0) is 17.8. The number of aliphatic hydroxyl groups is 2. The molecule has 3 atom stereocenters. The Morgan fingerprint density at radius 1 is 1.32 bits per heavy atom. The van der Waals surface area contributed by atoms with Crippen LogP contribution >= 0.6 is 0 Å². The summed E-state index contributed by atoms with van der Waals surface area (Å²) in [5.41, 5.74) is 5.91. The van der Waals surface area contributed by atoms with E-state index in [1.54, 1.807) is 17.9 Å². The van der Waals surface area contributed by atoms with Crippen LogP contribution in [0.3, 0.4) is 0 Å². The van der Waals surface area contributed by atoms with Crippen LogP contribution in [-0.4, -0.2) is 50.8 Å². The van der Waals surface area contributed by atoms with Gasteiger partial charge < -0.3 is 25.4 Å². The van der Waals surface area contributed by atoms with E-state index >= 15 is 0 Å². The Morgan fingerprint density at radius 3 is 2.80 bits per heavy atom. The predicted octanol–water partition coefficient (Wildman–Crippen LogP) is 0.424. The normalized spacial score (nSPS) is 23.0. The van der Waals surface area contributed by atoms with Gasteiger partial charge in [-0.05, 0) is 25.0 Å². The third kappa shape index (κ3) is 4.09. The summed E-state index contributed by atoms with van der Waals surface area (Å²) in [6.07, 6.45) is 0.684. The largest absolute Gasteiger partial charge is 0.497 e. The Labute approximate surface area is 146 Å². The first-order valence-corrected chi connectivity index (χ1v) is 8.35. The number of hydrogen-bond acceptors (Lipinski definition) is 7. The van der Waals surface area contributed by atoms with Gasteiger partial charge in [0.1, 0.15) is 23.9 Å². The monoisotopic (exact) mass is 348 g/mol. The third-order valence-electron chi connectivity index (χ3n) is 4.41. The molecule has 25 heavy (non-hydrogen) atoms. The zero-order valence-electron chi connectivity index (χ0n) is 14.2. The summed E-state index contributed by atoms with van der Waals surface area (Å²) in [7, 11) is 1.60. The number of nitrogens with zero attached hydrogens (tertiary/aromatic N) is 3. The Hall–Kier alpha value is -2.16. The third-order valence-corrected chi connectivity index (χ3v) is 4.41. The number of hydrogen-bond donors (Lipinski definition) is 3. The molecule has 0 spiro atoms. The SMILES string of the molecule is COc1cccc(OCc2nc([C@H]3C[C@H](N)[C@@H](O)C3)n(CCO)n2)c1.